The quantitative estimate of drug-likeness (QED) is 0.639. The Morgan fingerprint density at radius 2 is 2.19 bits per heavy atom. The van der Waals surface area contributed by atoms with E-state index in [1.165, 1.54) is 6.07 Å². The molecule has 0 heterocycles. The average molecular weight is 293 g/mol. The molecular formula is C14H19N3O4. The molecule has 0 radical (unpaired) electrons. The number of nitro groups is 1. The van der Waals surface area contributed by atoms with Crippen molar-refractivity contribution < 1.29 is 14.5 Å². The van der Waals surface area contributed by atoms with E-state index in [4.69, 9.17) is 4.74 Å². The van der Waals surface area contributed by atoms with Crippen molar-refractivity contribution in [2.24, 2.45) is 0 Å². The topological polar surface area (TPSA) is 93.5 Å². The summed E-state index contributed by atoms with van der Waals surface area (Å²) in [5.74, 6) is -0.416. The van der Waals surface area contributed by atoms with Gasteiger partial charge in [0.05, 0.1) is 11.0 Å². The number of carbonyl (C=O) groups excluding carboxylic acids is 1. The van der Waals surface area contributed by atoms with Gasteiger partial charge < -0.3 is 15.4 Å². The summed E-state index contributed by atoms with van der Waals surface area (Å²) >= 11 is 0. The van der Waals surface area contributed by atoms with Crippen LogP contribution in [0.4, 0.5) is 11.4 Å². The second kappa shape index (κ2) is 6.53. The third-order valence-corrected chi connectivity index (χ3v) is 3.79. The molecule has 7 nitrogen and oxygen atoms in total. The van der Waals surface area contributed by atoms with Crippen molar-refractivity contribution >= 4 is 17.3 Å². The SMILES string of the molecule is CNc1cccc(C(=O)NC2CCC(OC)C2)c1[N+](=O)[O-]. The smallest absolute Gasteiger partial charge is 0.305 e. The molecule has 1 aliphatic rings. The Morgan fingerprint density at radius 3 is 2.76 bits per heavy atom. The number of amides is 1. The normalized spacial score (nSPS) is 21.0. The van der Waals surface area contributed by atoms with E-state index in [2.05, 4.69) is 10.6 Å². The predicted octanol–water partition coefficient (Wildman–Crippen LogP) is 1.93. The van der Waals surface area contributed by atoms with Gasteiger partial charge in [-0.2, -0.15) is 0 Å². The lowest BCUT2D eigenvalue weighted by Gasteiger charge is -2.14. The summed E-state index contributed by atoms with van der Waals surface area (Å²) < 4.78 is 5.26. The third kappa shape index (κ3) is 3.30. The highest BCUT2D eigenvalue weighted by Crippen LogP contribution is 2.29. The minimum absolute atomic E-state index is 0.000274. The van der Waals surface area contributed by atoms with Crippen LogP contribution in [0.5, 0.6) is 0 Å². The molecule has 1 fully saturated rings. The van der Waals surface area contributed by atoms with Gasteiger partial charge in [-0.25, -0.2) is 0 Å². The van der Waals surface area contributed by atoms with Crippen LogP contribution in [0.3, 0.4) is 0 Å². The van der Waals surface area contributed by atoms with Gasteiger partial charge in [0.1, 0.15) is 11.3 Å². The van der Waals surface area contributed by atoms with Gasteiger partial charge in [0.25, 0.3) is 5.91 Å². The number of benzene rings is 1. The number of anilines is 1. The van der Waals surface area contributed by atoms with E-state index in [1.54, 1.807) is 26.3 Å². The largest absolute Gasteiger partial charge is 0.383 e. The Hall–Kier alpha value is -2.15. The molecule has 0 bridgehead atoms. The lowest BCUT2D eigenvalue weighted by atomic mass is 10.1. The Kier molecular flexibility index (Phi) is 4.74. The van der Waals surface area contributed by atoms with E-state index in [9.17, 15) is 14.9 Å². The van der Waals surface area contributed by atoms with Crippen molar-refractivity contribution in [2.75, 3.05) is 19.5 Å². The first-order chi connectivity index (χ1) is 10.1. The number of hydrogen-bond donors (Lipinski definition) is 2. The summed E-state index contributed by atoms with van der Waals surface area (Å²) in [6.07, 6.45) is 2.60. The molecule has 2 atom stereocenters. The molecule has 2 rings (SSSR count). The van der Waals surface area contributed by atoms with E-state index < -0.39 is 10.8 Å². The maximum absolute atomic E-state index is 12.3. The standard InChI is InChI=1S/C14H19N3O4/c1-15-12-5-3-4-11(13(12)17(19)20)14(18)16-9-6-7-10(8-9)21-2/h3-5,9-10,15H,6-8H2,1-2H3,(H,16,18). The van der Waals surface area contributed by atoms with Crippen molar-refractivity contribution in [1.29, 1.82) is 0 Å². The number of para-hydroxylation sites is 1. The fourth-order valence-corrected chi connectivity index (χ4v) is 2.67. The summed E-state index contributed by atoms with van der Waals surface area (Å²) in [7, 11) is 3.24. The lowest BCUT2D eigenvalue weighted by Crippen LogP contribution is -2.33. The van der Waals surface area contributed by atoms with E-state index in [-0.39, 0.29) is 23.4 Å². The molecule has 0 spiro atoms. The zero-order valence-electron chi connectivity index (χ0n) is 12.1. The lowest BCUT2D eigenvalue weighted by molar-refractivity contribution is -0.384. The molecule has 21 heavy (non-hydrogen) atoms. The Labute approximate surface area is 122 Å². The van der Waals surface area contributed by atoms with Crippen LogP contribution in [-0.2, 0) is 4.74 Å². The van der Waals surface area contributed by atoms with Crippen LogP contribution in [0.15, 0.2) is 18.2 Å². The molecule has 2 unspecified atom stereocenters. The maximum atomic E-state index is 12.3. The molecule has 0 saturated heterocycles. The molecular weight excluding hydrogens is 274 g/mol. The number of nitrogens with zero attached hydrogens (tertiary/aromatic N) is 1. The van der Waals surface area contributed by atoms with Gasteiger partial charge in [0, 0.05) is 20.2 Å². The number of rotatable bonds is 5. The summed E-state index contributed by atoms with van der Waals surface area (Å²) in [5, 5.41) is 16.8. The first-order valence-corrected chi connectivity index (χ1v) is 6.85. The number of nitrogens with one attached hydrogen (secondary N) is 2. The van der Waals surface area contributed by atoms with Gasteiger partial charge in [-0.05, 0) is 31.4 Å². The predicted molar refractivity (Wildman–Crippen MR) is 78.5 cm³/mol. The van der Waals surface area contributed by atoms with Crippen LogP contribution in [0.25, 0.3) is 0 Å². The Morgan fingerprint density at radius 1 is 1.43 bits per heavy atom. The van der Waals surface area contributed by atoms with Crippen LogP contribution in [0, 0.1) is 10.1 Å². The molecule has 1 aliphatic carbocycles. The van der Waals surface area contributed by atoms with Crippen LogP contribution in [0.1, 0.15) is 29.6 Å². The van der Waals surface area contributed by atoms with Gasteiger partial charge in [-0.15, -0.1) is 0 Å². The number of hydrogen-bond acceptors (Lipinski definition) is 5. The van der Waals surface area contributed by atoms with Crippen molar-refractivity contribution in [1.82, 2.24) is 5.32 Å². The molecule has 1 aromatic rings. The fourth-order valence-electron chi connectivity index (χ4n) is 2.67. The summed E-state index contributed by atoms with van der Waals surface area (Å²) in [5.41, 5.74) is 0.209. The minimum atomic E-state index is -0.534. The second-order valence-electron chi connectivity index (χ2n) is 5.05. The van der Waals surface area contributed by atoms with E-state index in [1.807, 2.05) is 0 Å². The van der Waals surface area contributed by atoms with Gasteiger partial charge in [-0.1, -0.05) is 6.07 Å². The first-order valence-electron chi connectivity index (χ1n) is 6.85. The number of methoxy groups -OCH3 is 1. The van der Waals surface area contributed by atoms with Crippen molar-refractivity contribution in [3.05, 3.63) is 33.9 Å². The van der Waals surface area contributed by atoms with Gasteiger partial charge in [0.15, 0.2) is 0 Å². The van der Waals surface area contributed by atoms with E-state index in [0.717, 1.165) is 19.3 Å². The van der Waals surface area contributed by atoms with Gasteiger partial charge in [-0.3, -0.25) is 14.9 Å². The van der Waals surface area contributed by atoms with Crippen molar-refractivity contribution in [3.8, 4) is 0 Å². The van der Waals surface area contributed by atoms with Crippen LogP contribution < -0.4 is 10.6 Å². The number of nitro benzene ring substituents is 1. The molecule has 0 aromatic heterocycles. The van der Waals surface area contributed by atoms with Gasteiger partial charge in [0.2, 0.25) is 0 Å². The van der Waals surface area contributed by atoms with Crippen LogP contribution in [0.2, 0.25) is 0 Å². The average Bonchev–Trinajstić information content (AvgIpc) is 2.93. The highest BCUT2D eigenvalue weighted by atomic mass is 16.6. The molecule has 1 saturated carbocycles. The third-order valence-electron chi connectivity index (χ3n) is 3.79. The molecule has 7 heteroatoms. The van der Waals surface area contributed by atoms with Crippen molar-refractivity contribution in [3.63, 3.8) is 0 Å². The summed E-state index contributed by atoms with van der Waals surface area (Å²) in [6.45, 7) is 0. The number of ether oxygens (including phenoxy) is 1. The molecule has 1 aromatic carbocycles. The Bertz CT molecular complexity index is 547. The zero-order valence-corrected chi connectivity index (χ0v) is 12.1. The minimum Gasteiger partial charge on any atom is -0.383 e. The fraction of sp³-hybridized carbons (Fsp3) is 0.500. The van der Waals surface area contributed by atoms with Crippen LogP contribution >= 0.6 is 0 Å². The van der Waals surface area contributed by atoms with E-state index in [0.29, 0.717) is 5.69 Å². The van der Waals surface area contributed by atoms with E-state index >= 15 is 0 Å². The maximum Gasteiger partial charge on any atom is 0.305 e. The first kappa shape index (κ1) is 15.2. The summed E-state index contributed by atoms with van der Waals surface area (Å²) in [6, 6.07) is 4.67. The van der Waals surface area contributed by atoms with Crippen molar-refractivity contribution in [2.45, 2.75) is 31.4 Å². The highest BCUT2D eigenvalue weighted by molar-refractivity contribution is 6.00. The zero-order chi connectivity index (χ0) is 15.4. The molecule has 1 amide bonds. The molecule has 114 valence electrons. The summed E-state index contributed by atoms with van der Waals surface area (Å²) in [4.78, 5) is 23.0. The molecule has 2 N–H and O–H groups in total. The highest BCUT2D eigenvalue weighted by Gasteiger charge is 2.29. The monoisotopic (exact) mass is 293 g/mol. The molecule has 0 aliphatic heterocycles. The van der Waals surface area contributed by atoms with Crippen LogP contribution in [-0.4, -0.2) is 37.1 Å². The number of carbonyl (C=O) groups is 1. The second-order valence-corrected chi connectivity index (χ2v) is 5.05. The Balaban J connectivity index is 2.18. The van der Waals surface area contributed by atoms with Gasteiger partial charge >= 0.3 is 5.69 Å².